The Morgan fingerprint density at radius 2 is 2.09 bits per heavy atom. The van der Waals surface area contributed by atoms with Gasteiger partial charge in [0.25, 0.3) is 0 Å². The standard InChI is InChI=1S/C9H11NS/c1-11-9-3-2-7-5-10-6-8(7)4-9/h2-4,10H,5-6H2,1H3. The molecule has 2 rings (SSSR count). The summed E-state index contributed by atoms with van der Waals surface area (Å²) < 4.78 is 0. The second kappa shape index (κ2) is 2.88. The highest BCUT2D eigenvalue weighted by Gasteiger charge is 2.08. The van der Waals surface area contributed by atoms with E-state index in [2.05, 4.69) is 29.8 Å². The van der Waals surface area contributed by atoms with E-state index in [9.17, 15) is 0 Å². The van der Waals surface area contributed by atoms with Crippen LogP contribution in [-0.4, -0.2) is 6.26 Å². The van der Waals surface area contributed by atoms with Gasteiger partial charge in [0.15, 0.2) is 0 Å². The van der Waals surface area contributed by atoms with Crippen LogP contribution in [0.5, 0.6) is 0 Å². The van der Waals surface area contributed by atoms with Gasteiger partial charge in [-0.05, 0) is 29.5 Å². The molecule has 1 aliphatic heterocycles. The highest BCUT2D eigenvalue weighted by molar-refractivity contribution is 7.98. The van der Waals surface area contributed by atoms with Crippen molar-refractivity contribution in [3.63, 3.8) is 0 Å². The molecule has 0 saturated heterocycles. The van der Waals surface area contributed by atoms with Crippen molar-refractivity contribution in [1.29, 1.82) is 0 Å². The van der Waals surface area contributed by atoms with Crippen molar-refractivity contribution in [2.75, 3.05) is 6.26 Å². The maximum absolute atomic E-state index is 3.33. The normalized spacial score (nSPS) is 15.0. The van der Waals surface area contributed by atoms with Gasteiger partial charge < -0.3 is 5.32 Å². The minimum atomic E-state index is 1.05. The van der Waals surface area contributed by atoms with E-state index in [1.54, 1.807) is 0 Å². The Morgan fingerprint density at radius 1 is 1.27 bits per heavy atom. The smallest absolute Gasteiger partial charge is 0.0212 e. The van der Waals surface area contributed by atoms with Gasteiger partial charge in [-0.3, -0.25) is 0 Å². The van der Waals surface area contributed by atoms with E-state index in [-0.39, 0.29) is 0 Å². The monoisotopic (exact) mass is 165 g/mol. The molecule has 0 radical (unpaired) electrons. The molecule has 2 heteroatoms. The molecule has 0 fully saturated rings. The number of hydrogen-bond donors (Lipinski definition) is 1. The zero-order valence-corrected chi connectivity index (χ0v) is 7.37. The Labute approximate surface area is 71.2 Å². The van der Waals surface area contributed by atoms with Crippen LogP contribution in [0.25, 0.3) is 0 Å². The van der Waals surface area contributed by atoms with Gasteiger partial charge in [0.05, 0.1) is 0 Å². The molecule has 1 aliphatic rings. The summed E-state index contributed by atoms with van der Waals surface area (Å²) in [6.07, 6.45) is 2.12. The summed E-state index contributed by atoms with van der Waals surface area (Å²) in [6.45, 7) is 2.09. The maximum Gasteiger partial charge on any atom is 0.0212 e. The zero-order valence-electron chi connectivity index (χ0n) is 6.55. The minimum absolute atomic E-state index is 1.05. The third kappa shape index (κ3) is 1.28. The number of nitrogens with one attached hydrogen (secondary N) is 1. The fourth-order valence-corrected chi connectivity index (χ4v) is 1.86. The van der Waals surface area contributed by atoms with Crippen molar-refractivity contribution in [3.05, 3.63) is 29.3 Å². The van der Waals surface area contributed by atoms with Crippen molar-refractivity contribution in [2.24, 2.45) is 0 Å². The third-order valence-corrected chi connectivity index (χ3v) is 2.77. The van der Waals surface area contributed by atoms with Crippen LogP contribution in [0.3, 0.4) is 0 Å². The lowest BCUT2D eigenvalue weighted by Gasteiger charge is -1.99. The first-order valence-corrected chi connectivity index (χ1v) is 4.99. The van der Waals surface area contributed by atoms with Crippen LogP contribution in [0.1, 0.15) is 11.1 Å². The summed E-state index contributed by atoms with van der Waals surface area (Å²) in [4.78, 5) is 1.37. The topological polar surface area (TPSA) is 12.0 Å². The van der Waals surface area contributed by atoms with Crippen LogP contribution in [0.15, 0.2) is 23.1 Å². The molecule has 1 N–H and O–H groups in total. The molecule has 0 atom stereocenters. The van der Waals surface area contributed by atoms with E-state index in [0.717, 1.165) is 13.1 Å². The van der Waals surface area contributed by atoms with Crippen LogP contribution in [0.4, 0.5) is 0 Å². The highest BCUT2D eigenvalue weighted by Crippen LogP contribution is 2.22. The summed E-state index contributed by atoms with van der Waals surface area (Å²) in [6, 6.07) is 6.69. The summed E-state index contributed by atoms with van der Waals surface area (Å²) in [5.41, 5.74) is 2.93. The lowest BCUT2D eigenvalue weighted by atomic mass is 10.1. The maximum atomic E-state index is 3.33. The zero-order chi connectivity index (χ0) is 7.68. The first-order chi connectivity index (χ1) is 5.40. The molecular weight excluding hydrogens is 154 g/mol. The van der Waals surface area contributed by atoms with Crippen molar-refractivity contribution in [2.45, 2.75) is 18.0 Å². The molecule has 1 heterocycles. The van der Waals surface area contributed by atoms with Crippen LogP contribution in [0, 0.1) is 0 Å². The summed E-state index contributed by atoms with van der Waals surface area (Å²) >= 11 is 1.81. The van der Waals surface area contributed by atoms with Crippen molar-refractivity contribution < 1.29 is 0 Å². The quantitative estimate of drug-likeness (QED) is 0.639. The van der Waals surface area contributed by atoms with E-state index in [4.69, 9.17) is 0 Å². The molecule has 1 aromatic rings. The molecule has 0 aromatic heterocycles. The Kier molecular flexibility index (Phi) is 1.88. The van der Waals surface area contributed by atoms with Gasteiger partial charge in [-0.2, -0.15) is 0 Å². The van der Waals surface area contributed by atoms with Crippen molar-refractivity contribution >= 4 is 11.8 Å². The molecule has 0 amide bonds. The largest absolute Gasteiger partial charge is 0.309 e. The molecule has 58 valence electrons. The molecule has 0 bridgehead atoms. The molecule has 0 unspecified atom stereocenters. The van der Waals surface area contributed by atoms with Crippen LogP contribution in [-0.2, 0) is 13.1 Å². The Bertz CT molecular complexity index is 270. The molecule has 11 heavy (non-hydrogen) atoms. The molecule has 0 saturated carbocycles. The van der Waals surface area contributed by atoms with E-state index in [1.165, 1.54) is 16.0 Å². The van der Waals surface area contributed by atoms with E-state index >= 15 is 0 Å². The van der Waals surface area contributed by atoms with Gasteiger partial charge in [0.1, 0.15) is 0 Å². The van der Waals surface area contributed by atoms with Crippen LogP contribution >= 0.6 is 11.8 Å². The average Bonchev–Trinajstić information content (AvgIpc) is 2.50. The van der Waals surface area contributed by atoms with Gasteiger partial charge in [-0.1, -0.05) is 6.07 Å². The second-order valence-corrected chi connectivity index (χ2v) is 3.62. The van der Waals surface area contributed by atoms with Crippen molar-refractivity contribution in [1.82, 2.24) is 5.32 Å². The van der Waals surface area contributed by atoms with Gasteiger partial charge in [-0.15, -0.1) is 11.8 Å². The third-order valence-electron chi connectivity index (χ3n) is 2.04. The minimum Gasteiger partial charge on any atom is -0.309 e. The van der Waals surface area contributed by atoms with E-state index in [0.29, 0.717) is 0 Å². The molecule has 1 aromatic carbocycles. The van der Waals surface area contributed by atoms with E-state index < -0.39 is 0 Å². The number of benzene rings is 1. The molecule has 1 nitrogen and oxygen atoms in total. The first-order valence-electron chi connectivity index (χ1n) is 3.76. The summed E-state index contributed by atoms with van der Waals surface area (Å²) in [5, 5.41) is 3.33. The SMILES string of the molecule is CSc1ccc2c(c1)CNC2. The predicted molar refractivity (Wildman–Crippen MR) is 48.8 cm³/mol. The first kappa shape index (κ1) is 7.19. The van der Waals surface area contributed by atoms with E-state index in [1.807, 2.05) is 11.8 Å². The van der Waals surface area contributed by atoms with Gasteiger partial charge in [0.2, 0.25) is 0 Å². The highest BCUT2D eigenvalue weighted by atomic mass is 32.2. The number of rotatable bonds is 1. The molecule has 0 aliphatic carbocycles. The fourth-order valence-electron chi connectivity index (χ4n) is 1.40. The Morgan fingerprint density at radius 3 is 2.91 bits per heavy atom. The van der Waals surface area contributed by atoms with Crippen molar-refractivity contribution in [3.8, 4) is 0 Å². The lowest BCUT2D eigenvalue weighted by Crippen LogP contribution is -1.99. The second-order valence-electron chi connectivity index (χ2n) is 2.74. The van der Waals surface area contributed by atoms with Gasteiger partial charge in [-0.25, -0.2) is 0 Å². The fraction of sp³-hybridized carbons (Fsp3) is 0.333. The summed E-state index contributed by atoms with van der Waals surface area (Å²) in [5.74, 6) is 0. The Balaban J connectivity index is 2.41. The lowest BCUT2D eigenvalue weighted by molar-refractivity contribution is 0.764. The average molecular weight is 165 g/mol. The Hall–Kier alpha value is -0.470. The van der Waals surface area contributed by atoms with Crippen LogP contribution in [0.2, 0.25) is 0 Å². The number of thioether (sulfide) groups is 1. The van der Waals surface area contributed by atoms with Gasteiger partial charge >= 0.3 is 0 Å². The molecule has 0 spiro atoms. The molecular formula is C9H11NS. The predicted octanol–water partition coefficient (Wildman–Crippen LogP) is 2.01. The number of hydrogen-bond acceptors (Lipinski definition) is 2. The van der Waals surface area contributed by atoms with Gasteiger partial charge in [0, 0.05) is 18.0 Å². The number of fused-ring (bicyclic) bond motifs is 1. The summed E-state index contributed by atoms with van der Waals surface area (Å²) in [7, 11) is 0. The van der Waals surface area contributed by atoms with Crippen LogP contribution < -0.4 is 5.32 Å².